The third kappa shape index (κ3) is 2.64. The van der Waals surface area contributed by atoms with Gasteiger partial charge in [-0.25, -0.2) is 4.39 Å². The molecule has 0 N–H and O–H groups in total. The highest BCUT2D eigenvalue weighted by atomic mass is 35.5. The maximum Gasteiger partial charge on any atom is 0.188 e. The Morgan fingerprint density at radius 1 is 1.28 bits per heavy atom. The number of rotatable bonds is 3. The van der Waals surface area contributed by atoms with Gasteiger partial charge in [0.25, 0.3) is 0 Å². The van der Waals surface area contributed by atoms with Crippen molar-refractivity contribution in [3.05, 3.63) is 64.9 Å². The van der Waals surface area contributed by atoms with Gasteiger partial charge in [0, 0.05) is 0 Å². The average molecular weight is 260 g/mol. The Kier molecular flexibility index (Phi) is 3.86. The van der Waals surface area contributed by atoms with Crippen LogP contribution in [0.15, 0.2) is 42.5 Å². The van der Waals surface area contributed by atoms with Crippen molar-refractivity contribution in [3.8, 4) is 18.1 Å². The predicted octanol–water partition coefficient (Wildman–Crippen LogP) is 4.03. The maximum absolute atomic E-state index is 13.7. The zero-order valence-corrected chi connectivity index (χ0v) is 10.1. The fourth-order valence-corrected chi connectivity index (χ4v) is 1.79. The summed E-state index contributed by atoms with van der Waals surface area (Å²) in [6, 6.07) is 14.0. The number of hydrogen-bond acceptors (Lipinski definition) is 1. The zero-order chi connectivity index (χ0) is 13.0. The standard InChI is InChI=1S/C15H9ClFO/c1-2-14(18-11-7-4-3-5-8-11)15-12(16)9-6-10-13(15)17/h1,4-10,14H. The molecule has 0 saturated carbocycles. The molecule has 0 saturated heterocycles. The van der Waals surface area contributed by atoms with Crippen molar-refractivity contribution in [2.45, 2.75) is 6.10 Å². The summed E-state index contributed by atoms with van der Waals surface area (Å²) in [5.41, 5.74) is 0.175. The molecule has 0 aromatic heterocycles. The average Bonchev–Trinajstić information content (AvgIpc) is 2.38. The monoisotopic (exact) mass is 259 g/mol. The van der Waals surface area contributed by atoms with Crippen LogP contribution >= 0.6 is 11.6 Å². The normalized spacial score (nSPS) is 11.6. The molecule has 2 aromatic rings. The molecule has 0 fully saturated rings. The first-order valence-electron chi connectivity index (χ1n) is 5.25. The lowest BCUT2D eigenvalue weighted by atomic mass is 10.1. The number of ether oxygens (including phenoxy) is 1. The molecular weight excluding hydrogens is 251 g/mol. The van der Waals surface area contributed by atoms with E-state index in [4.69, 9.17) is 22.8 Å². The summed E-state index contributed by atoms with van der Waals surface area (Å²) in [6.45, 7) is 0. The Morgan fingerprint density at radius 2 is 2.00 bits per heavy atom. The van der Waals surface area contributed by atoms with Gasteiger partial charge in [0.15, 0.2) is 6.10 Å². The number of terminal acetylenes is 1. The second-order valence-electron chi connectivity index (χ2n) is 3.54. The van der Waals surface area contributed by atoms with E-state index < -0.39 is 11.9 Å². The van der Waals surface area contributed by atoms with E-state index in [2.05, 4.69) is 12.0 Å². The highest BCUT2D eigenvalue weighted by Gasteiger charge is 2.18. The quantitative estimate of drug-likeness (QED) is 0.756. The van der Waals surface area contributed by atoms with Crippen LogP contribution in [0.1, 0.15) is 11.7 Å². The van der Waals surface area contributed by atoms with E-state index in [9.17, 15) is 4.39 Å². The second kappa shape index (κ2) is 5.57. The summed E-state index contributed by atoms with van der Waals surface area (Å²) in [7, 11) is 0. The minimum absolute atomic E-state index is 0.175. The van der Waals surface area contributed by atoms with E-state index in [1.54, 1.807) is 30.3 Å². The van der Waals surface area contributed by atoms with Crippen molar-refractivity contribution in [2.75, 3.05) is 0 Å². The lowest BCUT2D eigenvalue weighted by molar-refractivity contribution is 0.259. The van der Waals surface area contributed by atoms with Crippen molar-refractivity contribution in [2.24, 2.45) is 0 Å². The summed E-state index contributed by atoms with van der Waals surface area (Å²) >= 11 is 5.95. The Balaban J connectivity index is 2.33. The van der Waals surface area contributed by atoms with Crippen molar-refractivity contribution in [3.63, 3.8) is 0 Å². The van der Waals surface area contributed by atoms with Crippen LogP contribution in [0.3, 0.4) is 0 Å². The molecule has 1 atom stereocenters. The molecule has 1 nitrogen and oxygen atoms in total. The lowest BCUT2D eigenvalue weighted by Gasteiger charge is -2.16. The SMILES string of the molecule is C#CC(Oc1cc[c]cc1)c1c(F)cccc1Cl. The van der Waals surface area contributed by atoms with Crippen LogP contribution in [0.2, 0.25) is 5.02 Å². The molecular formula is C15H9ClFO. The largest absolute Gasteiger partial charge is 0.473 e. The molecule has 0 aliphatic heterocycles. The van der Waals surface area contributed by atoms with Crippen molar-refractivity contribution in [1.82, 2.24) is 0 Å². The first-order chi connectivity index (χ1) is 8.72. The van der Waals surface area contributed by atoms with Crippen LogP contribution in [0.25, 0.3) is 0 Å². The molecule has 0 bridgehead atoms. The molecule has 0 spiro atoms. The van der Waals surface area contributed by atoms with Gasteiger partial charge in [0.05, 0.1) is 10.6 Å². The molecule has 3 heteroatoms. The summed E-state index contributed by atoms with van der Waals surface area (Å²) in [5, 5.41) is 0.250. The molecule has 2 rings (SSSR count). The molecule has 18 heavy (non-hydrogen) atoms. The minimum atomic E-state index is -0.860. The van der Waals surface area contributed by atoms with E-state index in [0.29, 0.717) is 5.75 Å². The van der Waals surface area contributed by atoms with Crippen molar-refractivity contribution in [1.29, 1.82) is 0 Å². The van der Waals surface area contributed by atoms with Gasteiger partial charge in [-0.2, -0.15) is 0 Å². The number of halogens is 2. The molecule has 2 aromatic carbocycles. The summed E-state index contributed by atoms with van der Waals surface area (Å²) in [4.78, 5) is 0. The van der Waals surface area contributed by atoms with E-state index in [-0.39, 0.29) is 10.6 Å². The van der Waals surface area contributed by atoms with E-state index in [1.165, 1.54) is 12.1 Å². The predicted molar refractivity (Wildman–Crippen MR) is 68.9 cm³/mol. The van der Waals surface area contributed by atoms with E-state index >= 15 is 0 Å². The summed E-state index contributed by atoms with van der Waals surface area (Å²) in [6.07, 6.45) is 4.52. The van der Waals surface area contributed by atoms with Crippen molar-refractivity contribution < 1.29 is 9.13 Å². The maximum atomic E-state index is 13.7. The Hall–Kier alpha value is -1.98. The van der Waals surface area contributed by atoms with Crippen LogP contribution in [0.4, 0.5) is 4.39 Å². The molecule has 89 valence electrons. The lowest BCUT2D eigenvalue weighted by Crippen LogP contribution is -2.08. The van der Waals surface area contributed by atoms with Gasteiger partial charge in [0.2, 0.25) is 0 Å². The summed E-state index contributed by atoms with van der Waals surface area (Å²) in [5.74, 6) is 2.45. The van der Waals surface area contributed by atoms with Crippen LogP contribution < -0.4 is 4.74 Å². The Labute approximate surface area is 110 Å². The van der Waals surface area contributed by atoms with Crippen molar-refractivity contribution >= 4 is 11.6 Å². The highest BCUT2D eigenvalue weighted by molar-refractivity contribution is 6.31. The Bertz CT molecular complexity index is 555. The number of hydrogen-bond donors (Lipinski definition) is 0. The van der Waals surface area contributed by atoms with Gasteiger partial charge in [0.1, 0.15) is 11.6 Å². The topological polar surface area (TPSA) is 9.23 Å². The van der Waals surface area contributed by atoms with Gasteiger partial charge in [-0.15, -0.1) is 6.42 Å². The van der Waals surface area contributed by atoms with Crippen LogP contribution in [-0.4, -0.2) is 0 Å². The summed E-state index contributed by atoms with van der Waals surface area (Å²) < 4.78 is 19.3. The second-order valence-corrected chi connectivity index (χ2v) is 3.94. The first kappa shape index (κ1) is 12.5. The van der Waals surface area contributed by atoms with Gasteiger partial charge in [-0.1, -0.05) is 35.7 Å². The smallest absolute Gasteiger partial charge is 0.188 e. The van der Waals surface area contributed by atoms with Gasteiger partial charge >= 0.3 is 0 Å². The van der Waals surface area contributed by atoms with Crippen LogP contribution in [0.5, 0.6) is 5.75 Å². The molecule has 0 aliphatic carbocycles. The fraction of sp³-hybridized carbons (Fsp3) is 0.0667. The van der Waals surface area contributed by atoms with Gasteiger partial charge < -0.3 is 4.74 Å². The molecule has 0 aliphatic rings. The van der Waals surface area contributed by atoms with Gasteiger partial charge in [-0.05, 0) is 30.3 Å². The van der Waals surface area contributed by atoms with Gasteiger partial charge in [-0.3, -0.25) is 0 Å². The highest BCUT2D eigenvalue weighted by Crippen LogP contribution is 2.29. The van der Waals surface area contributed by atoms with E-state index in [0.717, 1.165) is 0 Å². The molecule has 1 unspecified atom stereocenters. The van der Waals surface area contributed by atoms with Crippen LogP contribution in [-0.2, 0) is 0 Å². The molecule has 1 radical (unpaired) electrons. The number of benzene rings is 2. The molecule has 0 amide bonds. The zero-order valence-electron chi connectivity index (χ0n) is 9.36. The third-order valence-electron chi connectivity index (χ3n) is 2.35. The fourth-order valence-electron chi connectivity index (χ4n) is 1.52. The third-order valence-corrected chi connectivity index (χ3v) is 2.68. The van der Waals surface area contributed by atoms with Crippen LogP contribution in [0, 0.1) is 24.2 Å². The first-order valence-corrected chi connectivity index (χ1v) is 5.63. The Morgan fingerprint density at radius 3 is 2.61 bits per heavy atom. The minimum Gasteiger partial charge on any atom is -0.473 e. The molecule has 0 heterocycles. The van der Waals surface area contributed by atoms with E-state index in [1.807, 2.05) is 0 Å².